The second-order valence-electron chi connectivity index (χ2n) is 10.5. The predicted molar refractivity (Wildman–Crippen MR) is 115 cm³/mol. The Kier molecular flexibility index (Phi) is 5.98. The van der Waals surface area contributed by atoms with E-state index in [9.17, 15) is 10.2 Å². The zero-order valence-corrected chi connectivity index (χ0v) is 18.2. The highest BCUT2D eigenvalue weighted by molar-refractivity contribution is 5.21. The number of furan rings is 1. The van der Waals surface area contributed by atoms with Crippen LogP contribution in [0.4, 0.5) is 0 Å². The van der Waals surface area contributed by atoms with Crippen molar-refractivity contribution in [1.29, 1.82) is 0 Å². The Bertz CT molecular complexity index is 701. The van der Waals surface area contributed by atoms with E-state index in [-0.39, 0.29) is 29.5 Å². The molecule has 3 N–H and O–H groups in total. The lowest BCUT2D eigenvalue weighted by atomic mass is 9.49. The maximum absolute atomic E-state index is 10.2. The van der Waals surface area contributed by atoms with Gasteiger partial charge in [0.2, 0.25) is 0 Å². The second kappa shape index (κ2) is 8.20. The Balaban J connectivity index is 1.57. The topological polar surface area (TPSA) is 65.6 Å². The van der Waals surface area contributed by atoms with Crippen LogP contribution in [0.25, 0.3) is 0 Å². The van der Waals surface area contributed by atoms with E-state index in [2.05, 4.69) is 25.7 Å². The minimum atomic E-state index is -0.254. The summed E-state index contributed by atoms with van der Waals surface area (Å²) in [5, 5.41) is 24.1. The van der Waals surface area contributed by atoms with Crippen molar-refractivity contribution < 1.29 is 14.6 Å². The van der Waals surface area contributed by atoms with Crippen LogP contribution in [0.2, 0.25) is 0 Å². The van der Waals surface area contributed by atoms with Crippen LogP contribution in [0, 0.1) is 34.5 Å². The molecule has 1 heterocycles. The molecule has 0 bridgehead atoms. The van der Waals surface area contributed by atoms with Gasteiger partial charge in [-0.15, -0.1) is 0 Å². The first-order valence-electron chi connectivity index (χ1n) is 11.6. The van der Waals surface area contributed by atoms with Crippen LogP contribution in [-0.2, 0) is 6.54 Å². The fourth-order valence-electron chi connectivity index (χ4n) is 7.24. The van der Waals surface area contributed by atoms with Crippen molar-refractivity contribution in [2.24, 2.45) is 34.5 Å². The smallest absolute Gasteiger partial charge is 0.117 e. The van der Waals surface area contributed by atoms with E-state index in [1.165, 1.54) is 24.8 Å². The molecule has 3 saturated carbocycles. The molecule has 7 unspecified atom stereocenters. The summed E-state index contributed by atoms with van der Waals surface area (Å²) in [6, 6.07) is 3.97. The van der Waals surface area contributed by atoms with Gasteiger partial charge in [-0.25, -0.2) is 0 Å². The van der Waals surface area contributed by atoms with E-state index < -0.39 is 0 Å². The summed E-state index contributed by atoms with van der Waals surface area (Å²) in [7, 11) is 0. The van der Waals surface area contributed by atoms with E-state index in [0.29, 0.717) is 17.8 Å². The minimum absolute atomic E-state index is 0.0935. The molecule has 7 atom stereocenters. The van der Waals surface area contributed by atoms with Gasteiger partial charge in [-0.05, 0) is 98.1 Å². The van der Waals surface area contributed by atoms with Crippen LogP contribution in [0.15, 0.2) is 35.0 Å². The van der Waals surface area contributed by atoms with Crippen LogP contribution >= 0.6 is 0 Å². The first-order valence-corrected chi connectivity index (χ1v) is 11.6. The molecule has 4 rings (SSSR count). The molecular formula is C25H39NO3. The zero-order chi connectivity index (χ0) is 20.6. The summed E-state index contributed by atoms with van der Waals surface area (Å²) in [5.74, 6) is 2.97. The standard InChI is InChI=1S/C25H39NO3/c1-17-6-7-22-21(15-26-14-20-5-4-12-29-20)23(9-11-24(17,22)2)25(3)10-8-19(28)13-18(25)16-27/h4-5,12,18-19,21-23,26-28H,1,6-11,13-16H2,2-3H3. The largest absolute Gasteiger partial charge is 0.468 e. The summed E-state index contributed by atoms with van der Waals surface area (Å²) >= 11 is 0. The third-order valence-corrected chi connectivity index (χ3v) is 9.22. The average molecular weight is 402 g/mol. The number of fused-ring (bicyclic) bond motifs is 1. The number of rotatable bonds is 6. The quantitative estimate of drug-likeness (QED) is 0.613. The molecule has 3 fully saturated rings. The van der Waals surface area contributed by atoms with E-state index in [0.717, 1.165) is 44.5 Å². The Morgan fingerprint density at radius 2 is 2.03 bits per heavy atom. The van der Waals surface area contributed by atoms with Crippen LogP contribution in [0.5, 0.6) is 0 Å². The Hall–Kier alpha value is -1.10. The van der Waals surface area contributed by atoms with Crippen molar-refractivity contribution >= 4 is 0 Å². The maximum Gasteiger partial charge on any atom is 0.117 e. The van der Waals surface area contributed by atoms with Gasteiger partial charge in [0, 0.05) is 6.61 Å². The molecule has 0 aromatic carbocycles. The van der Waals surface area contributed by atoms with E-state index >= 15 is 0 Å². The molecule has 4 nitrogen and oxygen atoms in total. The molecule has 4 heteroatoms. The molecule has 0 spiro atoms. The summed E-state index contributed by atoms with van der Waals surface area (Å²) in [4.78, 5) is 0. The Labute approximate surface area is 175 Å². The highest BCUT2D eigenvalue weighted by Gasteiger charge is 2.56. The summed E-state index contributed by atoms with van der Waals surface area (Å²) < 4.78 is 5.52. The lowest BCUT2D eigenvalue weighted by Crippen LogP contribution is -2.53. The van der Waals surface area contributed by atoms with Gasteiger partial charge in [-0.3, -0.25) is 0 Å². The monoisotopic (exact) mass is 401 g/mol. The van der Waals surface area contributed by atoms with Gasteiger partial charge in [0.25, 0.3) is 0 Å². The fourth-order valence-corrected chi connectivity index (χ4v) is 7.24. The third kappa shape index (κ3) is 3.73. The molecule has 1 aromatic heterocycles. The molecule has 162 valence electrons. The van der Waals surface area contributed by atoms with Crippen LogP contribution in [0.3, 0.4) is 0 Å². The van der Waals surface area contributed by atoms with Gasteiger partial charge in [0.1, 0.15) is 5.76 Å². The third-order valence-electron chi connectivity index (χ3n) is 9.22. The highest BCUT2D eigenvalue weighted by Crippen LogP contribution is 2.63. The SMILES string of the molecule is C=C1CCC2C(CNCc3ccco3)C(C3(C)CCC(O)CC3CO)CCC12C. The van der Waals surface area contributed by atoms with Crippen molar-refractivity contribution in [2.45, 2.75) is 71.4 Å². The Morgan fingerprint density at radius 1 is 1.21 bits per heavy atom. The molecule has 3 aliphatic rings. The van der Waals surface area contributed by atoms with Crippen LogP contribution < -0.4 is 5.32 Å². The minimum Gasteiger partial charge on any atom is -0.468 e. The number of hydrogen-bond donors (Lipinski definition) is 3. The van der Waals surface area contributed by atoms with Gasteiger partial charge in [-0.1, -0.05) is 26.0 Å². The predicted octanol–water partition coefficient (Wildman–Crippen LogP) is 4.53. The Morgan fingerprint density at radius 3 is 2.76 bits per heavy atom. The fraction of sp³-hybridized carbons (Fsp3) is 0.760. The molecule has 0 radical (unpaired) electrons. The first kappa shape index (κ1) is 21.1. The lowest BCUT2D eigenvalue weighted by Gasteiger charge is -2.56. The zero-order valence-electron chi connectivity index (χ0n) is 18.2. The van der Waals surface area contributed by atoms with E-state index in [1.807, 2.05) is 12.1 Å². The van der Waals surface area contributed by atoms with Gasteiger partial charge in [-0.2, -0.15) is 0 Å². The van der Waals surface area contributed by atoms with E-state index in [4.69, 9.17) is 4.42 Å². The normalized spacial score (nSPS) is 42.8. The van der Waals surface area contributed by atoms with Crippen molar-refractivity contribution in [3.05, 3.63) is 36.3 Å². The second-order valence-corrected chi connectivity index (χ2v) is 10.5. The maximum atomic E-state index is 10.2. The van der Waals surface area contributed by atoms with Crippen molar-refractivity contribution in [3.8, 4) is 0 Å². The van der Waals surface area contributed by atoms with Gasteiger partial charge in [0.05, 0.1) is 18.9 Å². The van der Waals surface area contributed by atoms with Crippen molar-refractivity contribution in [1.82, 2.24) is 5.32 Å². The van der Waals surface area contributed by atoms with Crippen LogP contribution in [0.1, 0.15) is 64.6 Å². The average Bonchev–Trinajstić information content (AvgIpc) is 3.32. The van der Waals surface area contributed by atoms with Crippen LogP contribution in [-0.4, -0.2) is 29.5 Å². The molecule has 0 aliphatic heterocycles. The van der Waals surface area contributed by atoms with E-state index in [1.54, 1.807) is 6.26 Å². The molecule has 3 aliphatic carbocycles. The van der Waals surface area contributed by atoms with Gasteiger partial charge in [0.15, 0.2) is 0 Å². The summed E-state index contributed by atoms with van der Waals surface area (Å²) in [6.45, 7) is 11.2. The number of nitrogens with one attached hydrogen (secondary N) is 1. The molecule has 1 aromatic rings. The molecule has 29 heavy (non-hydrogen) atoms. The molecule has 0 amide bonds. The number of hydrogen-bond acceptors (Lipinski definition) is 4. The first-order chi connectivity index (χ1) is 13.9. The number of aliphatic hydroxyl groups is 2. The number of aliphatic hydroxyl groups excluding tert-OH is 2. The van der Waals surface area contributed by atoms with Crippen molar-refractivity contribution in [3.63, 3.8) is 0 Å². The lowest BCUT2D eigenvalue weighted by molar-refractivity contribution is -0.0934. The molecule has 0 saturated heterocycles. The van der Waals surface area contributed by atoms with Gasteiger partial charge < -0.3 is 19.9 Å². The van der Waals surface area contributed by atoms with Gasteiger partial charge >= 0.3 is 0 Å². The molecular weight excluding hydrogens is 362 g/mol. The number of allylic oxidation sites excluding steroid dienone is 1. The highest BCUT2D eigenvalue weighted by atomic mass is 16.3. The summed E-state index contributed by atoms with van der Waals surface area (Å²) in [5.41, 5.74) is 1.79. The van der Waals surface area contributed by atoms with Crippen molar-refractivity contribution in [2.75, 3.05) is 13.2 Å². The summed E-state index contributed by atoms with van der Waals surface area (Å²) in [6.07, 6.45) is 8.91.